The molecule has 0 aliphatic rings. The number of carbonyl (C=O) groups excluding carboxylic acids is 1. The van der Waals surface area contributed by atoms with Crippen LogP contribution in [0.15, 0.2) is 42.5 Å². The Hall–Kier alpha value is -3.55. The van der Waals surface area contributed by atoms with Gasteiger partial charge in [-0.2, -0.15) is 15.4 Å². The summed E-state index contributed by atoms with van der Waals surface area (Å²) >= 11 is 0. The monoisotopic (exact) mass is 326 g/mol. The second-order valence-electron chi connectivity index (χ2n) is 4.96. The molecule has 0 aliphatic carbocycles. The van der Waals surface area contributed by atoms with Crippen molar-refractivity contribution in [3.05, 3.63) is 59.5 Å². The van der Waals surface area contributed by atoms with E-state index in [0.29, 0.717) is 22.4 Å². The molecule has 3 aromatic rings. The van der Waals surface area contributed by atoms with Crippen molar-refractivity contribution >= 4 is 11.9 Å². The van der Waals surface area contributed by atoms with Crippen LogP contribution in [0.4, 0.5) is 4.39 Å². The number of hydrogen-bond acceptors (Lipinski definition) is 4. The molecule has 0 saturated heterocycles. The van der Waals surface area contributed by atoms with Gasteiger partial charge in [-0.25, -0.2) is 9.18 Å². The van der Waals surface area contributed by atoms with Crippen LogP contribution >= 0.6 is 0 Å². The summed E-state index contributed by atoms with van der Waals surface area (Å²) in [5.74, 6) is -2.83. The third kappa shape index (κ3) is 2.72. The highest BCUT2D eigenvalue weighted by Crippen LogP contribution is 2.26. The summed E-state index contributed by atoms with van der Waals surface area (Å²) < 4.78 is 13.8. The molecule has 1 heterocycles. The van der Waals surface area contributed by atoms with Gasteiger partial charge in [-0.15, -0.1) is 0 Å². The maximum absolute atomic E-state index is 13.8. The predicted molar refractivity (Wildman–Crippen MR) is 82.7 cm³/mol. The molecular weight excluding hydrogens is 315 g/mol. The van der Waals surface area contributed by atoms with Gasteiger partial charge in [0.1, 0.15) is 11.5 Å². The van der Waals surface area contributed by atoms with E-state index in [9.17, 15) is 14.0 Å². The van der Waals surface area contributed by atoms with E-state index < -0.39 is 17.7 Å². The van der Waals surface area contributed by atoms with Crippen molar-refractivity contribution in [3.8, 4) is 22.4 Å². The normalized spacial score (nSPS) is 10.5. The minimum absolute atomic E-state index is 0.0274. The van der Waals surface area contributed by atoms with E-state index in [1.165, 1.54) is 12.1 Å². The third-order valence-electron chi connectivity index (χ3n) is 3.47. The van der Waals surface area contributed by atoms with Crippen molar-refractivity contribution in [2.75, 3.05) is 0 Å². The van der Waals surface area contributed by atoms with Gasteiger partial charge in [-0.3, -0.25) is 4.79 Å². The average molecular weight is 326 g/mol. The molecule has 0 aliphatic heterocycles. The Labute approximate surface area is 134 Å². The summed E-state index contributed by atoms with van der Waals surface area (Å²) in [4.78, 5) is 22.1. The lowest BCUT2D eigenvalue weighted by Gasteiger charge is -2.05. The molecule has 0 fully saturated rings. The zero-order valence-corrected chi connectivity index (χ0v) is 12.2. The topological polar surface area (TPSA) is 122 Å². The average Bonchev–Trinajstić information content (AvgIpc) is 3.04. The van der Waals surface area contributed by atoms with E-state index in [2.05, 4.69) is 15.4 Å². The quantitative estimate of drug-likeness (QED) is 0.677. The molecule has 0 spiro atoms. The largest absolute Gasteiger partial charge is 0.478 e. The summed E-state index contributed by atoms with van der Waals surface area (Å²) in [7, 11) is 0. The highest BCUT2D eigenvalue weighted by molar-refractivity contribution is 5.96. The van der Waals surface area contributed by atoms with Gasteiger partial charge >= 0.3 is 5.97 Å². The lowest BCUT2D eigenvalue weighted by atomic mass is 10.0. The fraction of sp³-hybridized carbons (Fsp3) is 0. The maximum atomic E-state index is 13.8. The lowest BCUT2D eigenvalue weighted by Crippen LogP contribution is -2.12. The first kappa shape index (κ1) is 15.3. The van der Waals surface area contributed by atoms with E-state index >= 15 is 0 Å². The van der Waals surface area contributed by atoms with E-state index in [-0.39, 0.29) is 11.3 Å². The molecule has 7 nitrogen and oxygen atoms in total. The van der Waals surface area contributed by atoms with Crippen molar-refractivity contribution in [2.24, 2.45) is 5.73 Å². The number of carboxylic acid groups (broad SMARTS) is 1. The molecular formula is C16H11FN4O3. The fourth-order valence-corrected chi connectivity index (χ4v) is 2.29. The van der Waals surface area contributed by atoms with E-state index in [4.69, 9.17) is 10.8 Å². The number of H-pyrrole nitrogens is 1. The molecule has 24 heavy (non-hydrogen) atoms. The van der Waals surface area contributed by atoms with Gasteiger partial charge in [0.05, 0.1) is 5.56 Å². The Bertz CT molecular complexity index is 935. The van der Waals surface area contributed by atoms with Crippen LogP contribution in [0.5, 0.6) is 0 Å². The number of aromatic amines is 1. The minimum atomic E-state index is -1.32. The van der Waals surface area contributed by atoms with Crippen molar-refractivity contribution in [3.63, 3.8) is 0 Å². The lowest BCUT2D eigenvalue weighted by molar-refractivity contribution is 0.0691. The highest BCUT2D eigenvalue weighted by Gasteiger charge is 2.15. The first-order valence-electron chi connectivity index (χ1n) is 6.81. The number of nitrogens with two attached hydrogens (primary N) is 1. The first-order valence-corrected chi connectivity index (χ1v) is 6.81. The number of aromatic carboxylic acids is 1. The second kappa shape index (κ2) is 5.92. The number of hydrogen-bond donors (Lipinski definition) is 3. The van der Waals surface area contributed by atoms with Crippen molar-refractivity contribution in [2.45, 2.75) is 0 Å². The summed E-state index contributed by atoms with van der Waals surface area (Å²) in [6.07, 6.45) is 0. The number of amides is 1. The van der Waals surface area contributed by atoms with E-state index in [0.717, 1.165) is 6.07 Å². The standard InChI is InChI=1S/C16H11FN4O3/c17-12-7-10(5-6-11(12)16(23)24)8-1-3-9(4-2-8)13-14(15(18)22)20-21-19-13/h1-7H,(H2,18,22)(H,23,24)(H,19,20,21). The van der Waals surface area contributed by atoms with Gasteiger partial charge in [0.2, 0.25) is 0 Å². The molecule has 0 bridgehead atoms. The number of rotatable bonds is 4. The summed E-state index contributed by atoms with van der Waals surface area (Å²) in [5.41, 5.74) is 7.01. The number of primary amides is 1. The van der Waals surface area contributed by atoms with Gasteiger partial charge in [-0.05, 0) is 23.3 Å². The molecule has 2 aromatic carbocycles. The number of nitrogens with zero attached hydrogens (tertiary/aromatic N) is 2. The molecule has 1 amide bonds. The molecule has 120 valence electrons. The van der Waals surface area contributed by atoms with Crippen LogP contribution in [0.3, 0.4) is 0 Å². The number of nitrogens with one attached hydrogen (secondary N) is 1. The smallest absolute Gasteiger partial charge is 0.338 e. The number of carbonyl (C=O) groups is 2. The van der Waals surface area contributed by atoms with Crippen LogP contribution in [0, 0.1) is 5.82 Å². The SMILES string of the molecule is NC(=O)c1n[nH]nc1-c1ccc(-c2ccc(C(=O)O)c(F)c2)cc1. The Balaban J connectivity index is 1.95. The number of carboxylic acids is 1. The Kier molecular flexibility index (Phi) is 3.78. The summed E-state index contributed by atoms with van der Waals surface area (Å²) in [6.45, 7) is 0. The first-order chi connectivity index (χ1) is 11.5. The van der Waals surface area contributed by atoms with Crippen LogP contribution in [-0.2, 0) is 0 Å². The molecule has 0 radical (unpaired) electrons. The predicted octanol–water partition coefficient (Wildman–Crippen LogP) is 2.07. The fourth-order valence-electron chi connectivity index (χ4n) is 2.29. The molecule has 1 aromatic heterocycles. The molecule has 8 heteroatoms. The molecule has 0 unspecified atom stereocenters. The third-order valence-corrected chi connectivity index (χ3v) is 3.47. The number of halogens is 1. The number of benzene rings is 2. The van der Waals surface area contributed by atoms with Gasteiger partial charge in [0.15, 0.2) is 5.69 Å². The highest BCUT2D eigenvalue weighted by atomic mass is 19.1. The Morgan fingerprint density at radius 2 is 1.62 bits per heavy atom. The molecule has 0 atom stereocenters. The van der Waals surface area contributed by atoms with E-state index in [1.54, 1.807) is 24.3 Å². The van der Waals surface area contributed by atoms with Crippen LogP contribution in [-0.4, -0.2) is 32.4 Å². The van der Waals surface area contributed by atoms with Crippen LogP contribution in [0.2, 0.25) is 0 Å². The molecule has 3 rings (SSSR count). The van der Waals surface area contributed by atoms with Crippen LogP contribution < -0.4 is 5.73 Å². The van der Waals surface area contributed by atoms with Gasteiger partial charge in [0, 0.05) is 5.56 Å². The van der Waals surface area contributed by atoms with Gasteiger partial charge in [-0.1, -0.05) is 30.3 Å². The van der Waals surface area contributed by atoms with Crippen molar-refractivity contribution in [1.82, 2.24) is 15.4 Å². The molecule has 4 N–H and O–H groups in total. The van der Waals surface area contributed by atoms with Crippen molar-refractivity contribution < 1.29 is 19.1 Å². The summed E-state index contributed by atoms with van der Waals surface area (Å²) in [6, 6.07) is 10.7. The number of aromatic nitrogens is 3. The van der Waals surface area contributed by atoms with E-state index in [1.807, 2.05) is 0 Å². The van der Waals surface area contributed by atoms with Crippen LogP contribution in [0.25, 0.3) is 22.4 Å². The van der Waals surface area contributed by atoms with Crippen molar-refractivity contribution in [1.29, 1.82) is 0 Å². The van der Waals surface area contributed by atoms with Crippen LogP contribution in [0.1, 0.15) is 20.8 Å². The Morgan fingerprint density at radius 3 is 2.21 bits per heavy atom. The second-order valence-corrected chi connectivity index (χ2v) is 4.96. The zero-order chi connectivity index (χ0) is 17.3. The van der Waals surface area contributed by atoms with Gasteiger partial charge < -0.3 is 10.8 Å². The zero-order valence-electron chi connectivity index (χ0n) is 12.2. The Morgan fingerprint density at radius 1 is 1.00 bits per heavy atom. The molecule has 0 saturated carbocycles. The van der Waals surface area contributed by atoms with Gasteiger partial charge in [0.25, 0.3) is 5.91 Å². The maximum Gasteiger partial charge on any atom is 0.338 e. The minimum Gasteiger partial charge on any atom is -0.478 e. The summed E-state index contributed by atoms with van der Waals surface area (Å²) in [5, 5.41) is 18.8.